The molecule has 0 atom stereocenters. The fraction of sp³-hybridized carbons (Fsp3) is 0.222. The molecular formula is C18H20O5S. The Kier molecular flexibility index (Phi) is 7.32. The molecule has 6 heteroatoms. The van der Waals surface area contributed by atoms with Crippen LogP contribution in [0.1, 0.15) is 18.1 Å². The molecular weight excluding hydrogens is 328 g/mol. The largest absolute Gasteiger partial charge is 0.480 e. The van der Waals surface area contributed by atoms with Crippen LogP contribution in [0.2, 0.25) is 0 Å². The van der Waals surface area contributed by atoms with Gasteiger partial charge in [-0.25, -0.2) is 8.42 Å². The highest BCUT2D eigenvalue weighted by Gasteiger charge is 2.18. The highest BCUT2D eigenvalue weighted by molar-refractivity contribution is 7.92. The Bertz CT molecular complexity index is 778. The number of aryl methyl sites for hydroxylation is 1. The standard InChI is InChI=1S/C11H12O5S.C7H8/c1-8(12)6-9-2-4-10(5-3-9)17(15,16)7-11(13)14;1-7-5-3-2-4-6-7/h2-5H,6-7H2,1H3,(H,13,14);2-6H,1H3. The van der Waals surface area contributed by atoms with Gasteiger partial charge in [-0.15, -0.1) is 0 Å². The maximum atomic E-state index is 11.5. The monoisotopic (exact) mass is 348 g/mol. The van der Waals surface area contributed by atoms with E-state index in [2.05, 4.69) is 19.1 Å². The van der Waals surface area contributed by atoms with E-state index >= 15 is 0 Å². The number of Topliss-reactive ketones (excluding diaryl/α,β-unsaturated/α-hetero) is 1. The van der Waals surface area contributed by atoms with Gasteiger partial charge in [0.05, 0.1) is 4.90 Å². The summed E-state index contributed by atoms with van der Waals surface area (Å²) in [5.74, 6) is -2.34. The predicted octanol–water partition coefficient (Wildman–Crippen LogP) is 2.67. The summed E-state index contributed by atoms with van der Waals surface area (Å²) < 4.78 is 23.1. The van der Waals surface area contributed by atoms with Crippen molar-refractivity contribution in [1.29, 1.82) is 0 Å². The molecule has 0 heterocycles. The molecule has 0 unspecified atom stereocenters. The molecule has 128 valence electrons. The molecule has 2 rings (SSSR count). The Hall–Kier alpha value is -2.47. The van der Waals surface area contributed by atoms with Crippen LogP contribution in [0.25, 0.3) is 0 Å². The number of aliphatic carboxylic acids is 1. The number of hydrogen-bond acceptors (Lipinski definition) is 4. The van der Waals surface area contributed by atoms with Crippen molar-refractivity contribution >= 4 is 21.6 Å². The van der Waals surface area contributed by atoms with Crippen molar-refractivity contribution in [2.75, 3.05) is 5.75 Å². The average Bonchev–Trinajstić information content (AvgIpc) is 2.47. The summed E-state index contributed by atoms with van der Waals surface area (Å²) in [6.45, 7) is 3.52. The second-order valence-corrected chi connectivity index (χ2v) is 7.32. The molecule has 0 spiro atoms. The van der Waals surface area contributed by atoms with Crippen molar-refractivity contribution in [3.05, 3.63) is 65.7 Å². The van der Waals surface area contributed by atoms with Crippen LogP contribution in [0.3, 0.4) is 0 Å². The fourth-order valence-electron chi connectivity index (χ4n) is 1.88. The van der Waals surface area contributed by atoms with Crippen LogP contribution in [0.5, 0.6) is 0 Å². The Balaban J connectivity index is 0.000000341. The van der Waals surface area contributed by atoms with E-state index in [-0.39, 0.29) is 17.1 Å². The van der Waals surface area contributed by atoms with Gasteiger partial charge in [0.15, 0.2) is 15.6 Å². The Morgan fingerprint density at radius 2 is 1.50 bits per heavy atom. The van der Waals surface area contributed by atoms with Crippen LogP contribution in [0.4, 0.5) is 0 Å². The molecule has 0 fully saturated rings. The van der Waals surface area contributed by atoms with Gasteiger partial charge in [-0.05, 0) is 31.5 Å². The maximum Gasteiger partial charge on any atom is 0.319 e. The highest BCUT2D eigenvalue weighted by atomic mass is 32.2. The third-order valence-electron chi connectivity index (χ3n) is 2.99. The van der Waals surface area contributed by atoms with E-state index in [0.717, 1.165) is 0 Å². The van der Waals surface area contributed by atoms with E-state index < -0.39 is 21.6 Å². The molecule has 0 aliphatic rings. The van der Waals surface area contributed by atoms with E-state index in [9.17, 15) is 18.0 Å². The molecule has 0 aliphatic heterocycles. The SMILES string of the molecule is CC(=O)Cc1ccc(S(=O)(=O)CC(=O)O)cc1.Cc1ccccc1. The van der Waals surface area contributed by atoms with Gasteiger partial charge in [0.2, 0.25) is 0 Å². The summed E-state index contributed by atoms with van der Waals surface area (Å²) in [6.07, 6.45) is 0.235. The molecule has 2 aromatic rings. The summed E-state index contributed by atoms with van der Waals surface area (Å²) in [6, 6.07) is 15.9. The van der Waals surface area contributed by atoms with Crippen LogP contribution in [-0.2, 0) is 25.8 Å². The molecule has 0 saturated heterocycles. The lowest BCUT2D eigenvalue weighted by molar-refractivity contribution is -0.134. The molecule has 0 radical (unpaired) electrons. The Morgan fingerprint density at radius 1 is 0.958 bits per heavy atom. The van der Waals surface area contributed by atoms with Crippen molar-refractivity contribution in [3.63, 3.8) is 0 Å². The van der Waals surface area contributed by atoms with Crippen LogP contribution in [-0.4, -0.2) is 31.0 Å². The first-order chi connectivity index (χ1) is 11.2. The van der Waals surface area contributed by atoms with Crippen LogP contribution < -0.4 is 0 Å². The molecule has 0 bridgehead atoms. The summed E-state index contributed by atoms with van der Waals surface area (Å²) in [5, 5.41) is 8.46. The Labute approximate surface area is 141 Å². The summed E-state index contributed by atoms with van der Waals surface area (Å²) in [4.78, 5) is 21.2. The number of carboxylic acids is 1. The van der Waals surface area contributed by atoms with Gasteiger partial charge >= 0.3 is 5.97 Å². The zero-order valence-corrected chi connectivity index (χ0v) is 14.4. The van der Waals surface area contributed by atoms with E-state index in [4.69, 9.17) is 5.11 Å². The number of ketones is 1. The second-order valence-electron chi connectivity index (χ2n) is 5.33. The van der Waals surface area contributed by atoms with Gasteiger partial charge in [0.25, 0.3) is 0 Å². The lowest BCUT2D eigenvalue weighted by Gasteiger charge is -2.03. The first-order valence-corrected chi connectivity index (χ1v) is 8.90. The van der Waals surface area contributed by atoms with Gasteiger partial charge < -0.3 is 5.11 Å². The summed E-state index contributed by atoms with van der Waals surface area (Å²) >= 11 is 0. The minimum atomic E-state index is -3.79. The zero-order chi connectivity index (χ0) is 18.2. The highest BCUT2D eigenvalue weighted by Crippen LogP contribution is 2.13. The third-order valence-corrected chi connectivity index (χ3v) is 4.61. The minimum absolute atomic E-state index is 0.0221. The topological polar surface area (TPSA) is 88.5 Å². The van der Waals surface area contributed by atoms with Gasteiger partial charge in [-0.3, -0.25) is 9.59 Å². The quantitative estimate of drug-likeness (QED) is 0.897. The summed E-state index contributed by atoms with van der Waals surface area (Å²) in [7, 11) is -3.79. The predicted molar refractivity (Wildman–Crippen MR) is 91.7 cm³/mol. The number of hydrogen-bond donors (Lipinski definition) is 1. The molecule has 0 saturated carbocycles. The molecule has 0 amide bonds. The number of benzene rings is 2. The second kappa shape index (κ2) is 8.98. The average molecular weight is 348 g/mol. The van der Waals surface area contributed by atoms with Crippen molar-refractivity contribution in [3.8, 4) is 0 Å². The molecule has 1 N–H and O–H groups in total. The first-order valence-electron chi connectivity index (χ1n) is 7.25. The van der Waals surface area contributed by atoms with Gasteiger partial charge in [-0.1, -0.05) is 48.0 Å². The Morgan fingerprint density at radius 3 is 1.88 bits per heavy atom. The number of carboxylic acid groups (broad SMARTS) is 1. The number of carbonyl (C=O) groups is 2. The van der Waals surface area contributed by atoms with E-state index in [1.165, 1.54) is 36.8 Å². The van der Waals surface area contributed by atoms with E-state index in [1.807, 2.05) is 18.2 Å². The molecule has 5 nitrogen and oxygen atoms in total. The van der Waals surface area contributed by atoms with Crippen LogP contribution >= 0.6 is 0 Å². The number of sulfone groups is 1. The number of rotatable bonds is 5. The van der Waals surface area contributed by atoms with Crippen LogP contribution in [0, 0.1) is 6.92 Å². The van der Waals surface area contributed by atoms with E-state index in [0.29, 0.717) is 5.56 Å². The maximum absolute atomic E-state index is 11.5. The van der Waals surface area contributed by atoms with Crippen molar-refractivity contribution in [2.24, 2.45) is 0 Å². The number of carbonyl (C=O) groups excluding carboxylic acids is 1. The van der Waals surface area contributed by atoms with Crippen molar-refractivity contribution < 1.29 is 23.1 Å². The smallest absolute Gasteiger partial charge is 0.319 e. The third kappa shape index (κ3) is 7.19. The van der Waals surface area contributed by atoms with Gasteiger partial charge in [-0.2, -0.15) is 0 Å². The minimum Gasteiger partial charge on any atom is -0.480 e. The van der Waals surface area contributed by atoms with Gasteiger partial charge in [0.1, 0.15) is 5.78 Å². The fourth-order valence-corrected chi connectivity index (χ4v) is 2.92. The van der Waals surface area contributed by atoms with Crippen molar-refractivity contribution in [2.45, 2.75) is 25.2 Å². The first kappa shape index (κ1) is 19.6. The lowest BCUT2D eigenvalue weighted by atomic mass is 10.1. The molecule has 0 aromatic heterocycles. The van der Waals surface area contributed by atoms with Crippen molar-refractivity contribution in [1.82, 2.24) is 0 Å². The van der Waals surface area contributed by atoms with Crippen LogP contribution in [0.15, 0.2) is 59.5 Å². The van der Waals surface area contributed by atoms with Gasteiger partial charge in [0, 0.05) is 6.42 Å². The normalized spacial score (nSPS) is 10.4. The molecule has 2 aromatic carbocycles. The zero-order valence-electron chi connectivity index (χ0n) is 13.6. The van der Waals surface area contributed by atoms with E-state index in [1.54, 1.807) is 0 Å². The molecule has 0 aliphatic carbocycles. The lowest BCUT2D eigenvalue weighted by Crippen LogP contribution is -2.15. The molecule has 24 heavy (non-hydrogen) atoms. The summed E-state index contributed by atoms with van der Waals surface area (Å²) in [5.41, 5.74) is 2.02.